The number of halogens is 1. The summed E-state index contributed by atoms with van der Waals surface area (Å²) < 4.78 is 21.2. The number of thioether (sulfide) groups is 1. The van der Waals surface area contributed by atoms with Crippen LogP contribution in [0, 0.1) is 26.6 Å². The van der Waals surface area contributed by atoms with Gasteiger partial charge in [0.1, 0.15) is 5.82 Å². The molecule has 3 aromatic rings. The van der Waals surface area contributed by atoms with Crippen LogP contribution in [-0.2, 0) is 16.1 Å². The van der Waals surface area contributed by atoms with Gasteiger partial charge in [-0.15, -0.1) is 10.2 Å². The van der Waals surface area contributed by atoms with E-state index in [4.69, 9.17) is 4.74 Å². The molecule has 6 nitrogen and oxygen atoms in total. The maximum atomic E-state index is 13.4. The predicted molar refractivity (Wildman–Crippen MR) is 124 cm³/mol. The van der Waals surface area contributed by atoms with Crippen LogP contribution in [0.4, 0.5) is 10.1 Å². The van der Waals surface area contributed by atoms with Gasteiger partial charge in [0, 0.05) is 17.9 Å². The van der Waals surface area contributed by atoms with E-state index in [-0.39, 0.29) is 23.6 Å². The molecule has 1 fully saturated rings. The number of aromatic nitrogens is 3. The minimum atomic E-state index is -0.299. The zero-order valence-electron chi connectivity index (χ0n) is 18.5. The molecular formula is C24H27FN4O2S. The number of nitrogens with zero attached hydrogens (tertiary/aromatic N) is 3. The summed E-state index contributed by atoms with van der Waals surface area (Å²) in [6, 6.07) is 10.3. The Morgan fingerprint density at radius 2 is 1.91 bits per heavy atom. The van der Waals surface area contributed by atoms with E-state index in [9.17, 15) is 9.18 Å². The van der Waals surface area contributed by atoms with E-state index in [1.54, 1.807) is 12.1 Å². The van der Waals surface area contributed by atoms with Crippen LogP contribution in [0.25, 0.3) is 11.4 Å². The van der Waals surface area contributed by atoms with Crippen molar-refractivity contribution in [3.63, 3.8) is 0 Å². The highest BCUT2D eigenvalue weighted by Crippen LogP contribution is 2.27. The third-order valence-electron chi connectivity index (χ3n) is 5.50. The summed E-state index contributed by atoms with van der Waals surface area (Å²) in [4.78, 5) is 12.7. The molecule has 4 rings (SSSR count). The molecule has 0 radical (unpaired) electrons. The molecule has 2 aromatic carbocycles. The van der Waals surface area contributed by atoms with Crippen molar-refractivity contribution in [3.05, 3.63) is 58.9 Å². The largest absolute Gasteiger partial charge is 0.376 e. The summed E-state index contributed by atoms with van der Waals surface area (Å²) >= 11 is 1.34. The zero-order chi connectivity index (χ0) is 22.7. The zero-order valence-corrected chi connectivity index (χ0v) is 19.3. The summed E-state index contributed by atoms with van der Waals surface area (Å²) in [5, 5.41) is 12.3. The van der Waals surface area contributed by atoms with Crippen LogP contribution < -0.4 is 5.32 Å². The minimum absolute atomic E-state index is 0.0798. The molecule has 1 amide bonds. The van der Waals surface area contributed by atoms with E-state index in [0.717, 1.165) is 41.8 Å². The SMILES string of the molecule is Cc1cc(C)c(NC(=O)CSc2nnc(-c3ccc(F)cc3)n2CC2CCCO2)c(C)c1. The summed E-state index contributed by atoms with van der Waals surface area (Å²) in [5.41, 5.74) is 4.89. The quantitative estimate of drug-likeness (QED) is 0.513. The predicted octanol–water partition coefficient (Wildman–Crippen LogP) is 4.92. The fourth-order valence-electron chi connectivity index (χ4n) is 4.05. The molecule has 0 saturated carbocycles. The van der Waals surface area contributed by atoms with E-state index >= 15 is 0 Å². The molecular weight excluding hydrogens is 427 g/mol. The van der Waals surface area contributed by atoms with Gasteiger partial charge in [-0.25, -0.2) is 4.39 Å². The van der Waals surface area contributed by atoms with E-state index < -0.39 is 0 Å². The average molecular weight is 455 g/mol. The van der Waals surface area contributed by atoms with Crippen molar-refractivity contribution in [2.24, 2.45) is 0 Å². The van der Waals surface area contributed by atoms with Gasteiger partial charge in [-0.1, -0.05) is 29.5 Å². The molecule has 1 aromatic heterocycles. The second-order valence-electron chi connectivity index (χ2n) is 8.17. The van der Waals surface area contributed by atoms with E-state index in [1.165, 1.54) is 29.5 Å². The van der Waals surface area contributed by atoms with Crippen LogP contribution in [0.3, 0.4) is 0 Å². The van der Waals surface area contributed by atoms with Gasteiger partial charge < -0.3 is 10.1 Å². The minimum Gasteiger partial charge on any atom is -0.376 e. The lowest BCUT2D eigenvalue weighted by Gasteiger charge is -2.15. The van der Waals surface area contributed by atoms with Crippen LogP contribution in [-0.4, -0.2) is 39.1 Å². The number of carbonyl (C=O) groups excluding carboxylic acids is 1. The molecule has 168 valence electrons. The standard InChI is InChI=1S/C24H27FN4O2S/c1-15-11-16(2)22(17(3)12-15)26-21(30)14-32-24-28-27-23(18-6-8-19(25)9-7-18)29(24)13-20-5-4-10-31-20/h6-9,11-12,20H,4-5,10,13-14H2,1-3H3,(H,26,30). The van der Waals surface area contributed by atoms with E-state index in [2.05, 4.69) is 27.6 Å². The van der Waals surface area contributed by atoms with Crippen LogP contribution in [0.1, 0.15) is 29.5 Å². The van der Waals surface area contributed by atoms with Crippen LogP contribution >= 0.6 is 11.8 Å². The van der Waals surface area contributed by atoms with Gasteiger partial charge in [-0.3, -0.25) is 9.36 Å². The van der Waals surface area contributed by atoms with Gasteiger partial charge in [0.05, 0.1) is 18.4 Å². The number of rotatable bonds is 7. The Morgan fingerprint density at radius 3 is 2.56 bits per heavy atom. The highest BCUT2D eigenvalue weighted by molar-refractivity contribution is 7.99. The molecule has 1 atom stereocenters. The molecule has 2 heterocycles. The van der Waals surface area contributed by atoms with Gasteiger partial charge in [0.25, 0.3) is 0 Å². The average Bonchev–Trinajstić information content (AvgIpc) is 3.40. The number of anilines is 1. The number of hydrogen-bond donors (Lipinski definition) is 1. The van der Waals surface area contributed by atoms with Gasteiger partial charge >= 0.3 is 0 Å². The van der Waals surface area contributed by atoms with Gasteiger partial charge in [-0.2, -0.15) is 0 Å². The molecule has 1 saturated heterocycles. The molecule has 32 heavy (non-hydrogen) atoms. The summed E-state index contributed by atoms with van der Waals surface area (Å²) in [7, 11) is 0. The van der Waals surface area contributed by atoms with Gasteiger partial charge in [-0.05, 0) is 69.0 Å². The summed E-state index contributed by atoms with van der Waals surface area (Å²) in [6.07, 6.45) is 2.08. The Kier molecular flexibility index (Phi) is 6.91. The van der Waals surface area contributed by atoms with E-state index in [0.29, 0.717) is 17.5 Å². The lowest BCUT2D eigenvalue weighted by atomic mass is 10.1. The summed E-state index contributed by atoms with van der Waals surface area (Å²) in [5.74, 6) is 0.459. The number of aryl methyl sites for hydroxylation is 3. The first-order chi connectivity index (χ1) is 15.4. The second kappa shape index (κ2) is 9.83. The lowest BCUT2D eigenvalue weighted by Crippen LogP contribution is -2.18. The third kappa shape index (κ3) is 5.19. The van der Waals surface area contributed by atoms with Crippen LogP contribution in [0.5, 0.6) is 0 Å². The van der Waals surface area contributed by atoms with Gasteiger partial charge in [0.15, 0.2) is 11.0 Å². The van der Waals surface area contributed by atoms with Crippen molar-refractivity contribution in [3.8, 4) is 11.4 Å². The molecule has 0 bridgehead atoms. The maximum absolute atomic E-state index is 13.4. The Balaban J connectivity index is 1.51. The van der Waals surface area contributed by atoms with Crippen molar-refractivity contribution in [1.82, 2.24) is 14.8 Å². The van der Waals surface area contributed by atoms with Crippen molar-refractivity contribution in [1.29, 1.82) is 0 Å². The number of ether oxygens (including phenoxy) is 1. The summed E-state index contributed by atoms with van der Waals surface area (Å²) in [6.45, 7) is 7.38. The lowest BCUT2D eigenvalue weighted by molar-refractivity contribution is -0.113. The Hall–Kier alpha value is -2.71. The number of hydrogen-bond acceptors (Lipinski definition) is 5. The smallest absolute Gasteiger partial charge is 0.234 e. The van der Waals surface area contributed by atoms with Crippen molar-refractivity contribution in [2.45, 2.75) is 51.4 Å². The fraction of sp³-hybridized carbons (Fsp3) is 0.375. The molecule has 8 heteroatoms. The highest BCUT2D eigenvalue weighted by Gasteiger charge is 2.22. The first-order valence-corrected chi connectivity index (χ1v) is 11.7. The number of carbonyl (C=O) groups is 1. The molecule has 1 unspecified atom stereocenters. The number of benzene rings is 2. The van der Waals surface area contributed by atoms with Crippen LogP contribution in [0.15, 0.2) is 41.6 Å². The van der Waals surface area contributed by atoms with E-state index in [1.807, 2.05) is 25.3 Å². The van der Waals surface area contributed by atoms with Crippen molar-refractivity contribution < 1.29 is 13.9 Å². The molecule has 0 aliphatic carbocycles. The van der Waals surface area contributed by atoms with Crippen LogP contribution in [0.2, 0.25) is 0 Å². The molecule has 1 aliphatic rings. The highest BCUT2D eigenvalue weighted by atomic mass is 32.2. The fourth-order valence-corrected chi connectivity index (χ4v) is 4.80. The number of amides is 1. The molecule has 1 N–H and O–H groups in total. The first-order valence-electron chi connectivity index (χ1n) is 10.7. The normalized spacial score (nSPS) is 15.8. The molecule has 0 spiro atoms. The Morgan fingerprint density at radius 1 is 1.19 bits per heavy atom. The topological polar surface area (TPSA) is 69.0 Å². The maximum Gasteiger partial charge on any atom is 0.234 e. The molecule has 1 aliphatic heterocycles. The van der Waals surface area contributed by atoms with Crippen molar-refractivity contribution in [2.75, 3.05) is 17.7 Å². The Bertz CT molecular complexity index is 1080. The Labute approximate surface area is 191 Å². The number of nitrogens with one attached hydrogen (secondary N) is 1. The first kappa shape index (κ1) is 22.5. The van der Waals surface area contributed by atoms with Gasteiger partial charge in [0.2, 0.25) is 5.91 Å². The monoisotopic (exact) mass is 454 g/mol. The third-order valence-corrected chi connectivity index (χ3v) is 6.47. The van der Waals surface area contributed by atoms with Crippen molar-refractivity contribution >= 4 is 23.4 Å². The second-order valence-corrected chi connectivity index (χ2v) is 9.11.